The Kier molecular flexibility index (Phi) is 6.13. The van der Waals surface area contributed by atoms with Crippen LogP contribution in [0.5, 0.6) is 5.75 Å². The number of aliphatic hydroxyl groups excluding tert-OH is 2. The van der Waals surface area contributed by atoms with Gasteiger partial charge in [-0.05, 0) is 24.0 Å². The van der Waals surface area contributed by atoms with Crippen LogP contribution in [0, 0.1) is 17.8 Å². The van der Waals surface area contributed by atoms with Crippen molar-refractivity contribution in [1.29, 1.82) is 0 Å². The summed E-state index contributed by atoms with van der Waals surface area (Å²) in [6, 6.07) is 4.29. The first kappa shape index (κ1) is 25.3. The maximum absolute atomic E-state index is 13.5. The minimum atomic E-state index is -2.92. The van der Waals surface area contributed by atoms with Crippen LogP contribution in [0.4, 0.5) is 0 Å². The number of phenols is 1. The number of aliphatic hydroxyl groups is 3. The molecular weight excluding hydrogens is 478 g/mol. The molecule has 3 aliphatic carbocycles. The highest BCUT2D eigenvalue weighted by atomic mass is 16.5. The summed E-state index contributed by atoms with van der Waals surface area (Å²) in [5.41, 5.74) is 2.04. The molecule has 0 heterocycles. The number of benzene rings is 1. The number of ether oxygens (including phenoxy) is 1. The predicted molar refractivity (Wildman–Crippen MR) is 118 cm³/mol. The number of carbonyl (C=O) groups excluding carboxylic acids is 4. The lowest BCUT2D eigenvalue weighted by Gasteiger charge is -2.53. The normalized spacial score (nSPS) is 33.3. The summed E-state index contributed by atoms with van der Waals surface area (Å²) >= 11 is 0. The van der Waals surface area contributed by atoms with E-state index in [-0.39, 0.29) is 5.56 Å². The minimum absolute atomic E-state index is 0.171. The van der Waals surface area contributed by atoms with Crippen molar-refractivity contribution >= 4 is 29.4 Å². The Morgan fingerprint density at radius 1 is 1.17 bits per heavy atom. The summed E-state index contributed by atoms with van der Waals surface area (Å²) in [5, 5.41) is 52.6. The molecule has 12 nitrogen and oxygen atoms in total. The fourth-order valence-electron chi connectivity index (χ4n) is 5.80. The van der Waals surface area contributed by atoms with Crippen molar-refractivity contribution in [2.45, 2.75) is 49.9 Å². The first-order valence-electron chi connectivity index (χ1n) is 11.3. The van der Waals surface area contributed by atoms with Gasteiger partial charge in [-0.2, -0.15) is 0 Å². The summed E-state index contributed by atoms with van der Waals surface area (Å²) in [5.74, 6) is -12.5. The van der Waals surface area contributed by atoms with E-state index in [9.17, 15) is 44.4 Å². The molecule has 7 N–H and O–H groups in total. The fraction of sp³-hybridized carbons (Fsp3) is 0.458. The highest BCUT2D eigenvalue weighted by Gasteiger charge is 2.67. The number of phenolic OH excluding ortho intramolecular Hbond substituents is 1. The average molecular weight is 503 g/mol. The van der Waals surface area contributed by atoms with Gasteiger partial charge in [-0.3, -0.25) is 24.0 Å². The fourth-order valence-corrected chi connectivity index (χ4v) is 5.80. The SMILES string of the molecule is C[C@H]1c2cccc(O)c2C(=O)C2=C(O)[C@]3(O)C(=O)C(C(N)=O)C(O)C[C@@H]3[C@@H](OC(=O)CCC(=O)O)[C@@H]21. The third-order valence-corrected chi connectivity index (χ3v) is 7.47. The number of fused-ring (bicyclic) bond motifs is 3. The third kappa shape index (κ3) is 3.56. The van der Waals surface area contributed by atoms with Gasteiger partial charge in [0.25, 0.3) is 0 Å². The van der Waals surface area contributed by atoms with Crippen LogP contribution < -0.4 is 5.73 Å². The summed E-state index contributed by atoms with van der Waals surface area (Å²) in [7, 11) is 0. The predicted octanol–water partition coefficient (Wildman–Crippen LogP) is -0.307. The monoisotopic (exact) mass is 503 g/mol. The summed E-state index contributed by atoms with van der Waals surface area (Å²) < 4.78 is 5.55. The molecule has 1 aromatic rings. The second-order valence-electron chi connectivity index (χ2n) is 9.42. The van der Waals surface area contributed by atoms with E-state index in [1.54, 1.807) is 13.0 Å². The van der Waals surface area contributed by atoms with Crippen LogP contribution in [-0.2, 0) is 23.9 Å². The van der Waals surface area contributed by atoms with E-state index in [0.29, 0.717) is 5.56 Å². The molecule has 36 heavy (non-hydrogen) atoms. The topological polar surface area (TPSA) is 222 Å². The second-order valence-corrected chi connectivity index (χ2v) is 9.42. The third-order valence-electron chi connectivity index (χ3n) is 7.47. The Morgan fingerprint density at radius 2 is 1.83 bits per heavy atom. The van der Waals surface area contributed by atoms with Crippen LogP contribution in [0.1, 0.15) is 48.0 Å². The van der Waals surface area contributed by atoms with Gasteiger partial charge in [0.15, 0.2) is 17.2 Å². The van der Waals surface area contributed by atoms with Crippen molar-refractivity contribution < 1.29 is 54.2 Å². The lowest BCUT2D eigenvalue weighted by atomic mass is 9.54. The van der Waals surface area contributed by atoms with Gasteiger partial charge >= 0.3 is 11.9 Å². The number of ketones is 2. The van der Waals surface area contributed by atoms with Gasteiger partial charge < -0.3 is 36.0 Å². The van der Waals surface area contributed by atoms with E-state index in [2.05, 4.69) is 0 Å². The Morgan fingerprint density at radius 3 is 2.44 bits per heavy atom. The van der Waals surface area contributed by atoms with Crippen molar-refractivity contribution in [2.75, 3.05) is 0 Å². The highest BCUT2D eigenvalue weighted by Crippen LogP contribution is 2.55. The lowest BCUT2D eigenvalue weighted by Crippen LogP contribution is -2.67. The first-order valence-corrected chi connectivity index (χ1v) is 11.3. The number of nitrogens with two attached hydrogens (primary N) is 1. The lowest BCUT2D eigenvalue weighted by molar-refractivity contribution is -0.190. The number of carboxylic acid groups (broad SMARTS) is 1. The van der Waals surface area contributed by atoms with Crippen LogP contribution in [0.3, 0.4) is 0 Å². The molecular formula is C24H25NO11. The van der Waals surface area contributed by atoms with Crippen molar-refractivity contribution in [3.8, 4) is 5.75 Å². The van der Waals surface area contributed by atoms with Crippen molar-refractivity contribution in [1.82, 2.24) is 0 Å². The number of hydrogen-bond donors (Lipinski definition) is 6. The zero-order chi connectivity index (χ0) is 26.7. The van der Waals surface area contributed by atoms with Crippen LogP contribution in [0.15, 0.2) is 29.5 Å². The zero-order valence-electron chi connectivity index (χ0n) is 19.1. The number of aromatic hydroxyl groups is 1. The van der Waals surface area contributed by atoms with E-state index in [1.807, 2.05) is 0 Å². The van der Waals surface area contributed by atoms with Crippen LogP contribution in [0.25, 0.3) is 0 Å². The summed E-state index contributed by atoms with van der Waals surface area (Å²) in [4.78, 5) is 62.2. The molecule has 2 unspecified atom stereocenters. The van der Waals surface area contributed by atoms with Gasteiger partial charge in [0.05, 0.1) is 24.5 Å². The number of amides is 1. The highest BCUT2D eigenvalue weighted by molar-refractivity contribution is 6.15. The van der Waals surface area contributed by atoms with Crippen molar-refractivity contribution in [3.05, 3.63) is 40.7 Å². The molecule has 1 aromatic carbocycles. The van der Waals surface area contributed by atoms with E-state index >= 15 is 0 Å². The molecule has 1 fully saturated rings. The molecule has 192 valence electrons. The van der Waals surface area contributed by atoms with E-state index in [1.165, 1.54) is 12.1 Å². The molecule has 0 radical (unpaired) electrons. The Labute approximate surface area is 204 Å². The number of Topliss-reactive ketones (excluding diaryl/α,β-unsaturated/α-hetero) is 2. The molecule has 1 amide bonds. The van der Waals surface area contributed by atoms with Crippen LogP contribution in [0.2, 0.25) is 0 Å². The van der Waals surface area contributed by atoms with Gasteiger partial charge in [0, 0.05) is 17.4 Å². The van der Waals surface area contributed by atoms with Crippen molar-refractivity contribution in [3.63, 3.8) is 0 Å². The van der Waals surface area contributed by atoms with Gasteiger partial charge in [-0.15, -0.1) is 0 Å². The molecule has 7 atom stereocenters. The molecule has 4 rings (SSSR count). The zero-order valence-corrected chi connectivity index (χ0v) is 19.1. The number of hydrogen-bond acceptors (Lipinski definition) is 10. The number of esters is 1. The van der Waals surface area contributed by atoms with Crippen LogP contribution >= 0.6 is 0 Å². The Bertz CT molecular complexity index is 1220. The average Bonchev–Trinajstić information content (AvgIpc) is 2.79. The van der Waals surface area contributed by atoms with Gasteiger partial charge in [0.2, 0.25) is 5.91 Å². The van der Waals surface area contributed by atoms with Crippen LogP contribution in [-0.4, -0.2) is 72.8 Å². The smallest absolute Gasteiger partial charge is 0.306 e. The van der Waals surface area contributed by atoms with E-state index in [4.69, 9.17) is 15.6 Å². The first-order chi connectivity index (χ1) is 16.8. The van der Waals surface area contributed by atoms with E-state index < -0.39 is 107 Å². The molecule has 1 saturated carbocycles. The maximum atomic E-state index is 13.5. The molecule has 12 heteroatoms. The number of carboxylic acids is 1. The number of carbonyl (C=O) groups is 5. The Hall–Kier alpha value is -3.77. The molecule has 3 aliphatic rings. The Balaban J connectivity index is 1.93. The molecule has 0 saturated heterocycles. The van der Waals surface area contributed by atoms with Gasteiger partial charge in [0.1, 0.15) is 23.5 Å². The second kappa shape index (κ2) is 8.71. The number of primary amides is 1. The molecule has 0 spiro atoms. The van der Waals surface area contributed by atoms with E-state index in [0.717, 1.165) is 0 Å². The number of aliphatic carboxylic acids is 1. The minimum Gasteiger partial charge on any atom is -0.508 e. The van der Waals surface area contributed by atoms with Gasteiger partial charge in [-0.25, -0.2) is 0 Å². The molecule has 0 bridgehead atoms. The quantitative estimate of drug-likeness (QED) is 0.226. The number of rotatable bonds is 5. The largest absolute Gasteiger partial charge is 0.508 e. The summed E-state index contributed by atoms with van der Waals surface area (Å²) in [6.45, 7) is 1.62. The standard InChI is InChI=1S/C24H25NO11/c1-8-9-3-2-4-11(26)16(9)19(31)18-15(8)20(36-14(30)6-5-13(28)29)10-7-12(27)17(23(25)34)21(32)24(10,35)22(18)33/h2-4,8,10,12,15,17,20,26-27,33,35H,5-7H2,1H3,(H2,25,34)(H,28,29)/t8-,10+,12?,15+,17?,20+,24+/m0/s1. The molecule has 0 aliphatic heterocycles. The molecule has 0 aromatic heterocycles. The van der Waals surface area contributed by atoms with Crippen molar-refractivity contribution in [2.24, 2.45) is 23.5 Å². The maximum Gasteiger partial charge on any atom is 0.306 e. The van der Waals surface area contributed by atoms with Gasteiger partial charge in [-0.1, -0.05) is 19.1 Å². The summed E-state index contributed by atoms with van der Waals surface area (Å²) in [6.07, 6.45) is -4.80.